The molecule has 7 heteroatoms. The van der Waals surface area contributed by atoms with E-state index in [1.54, 1.807) is 13.2 Å². The third-order valence-electron chi connectivity index (χ3n) is 4.26. The fourth-order valence-electron chi connectivity index (χ4n) is 2.75. The number of imidazole rings is 1. The van der Waals surface area contributed by atoms with Crippen LogP contribution in [0.4, 0.5) is 0 Å². The fraction of sp³-hybridized carbons (Fsp3) is 0.273. The second kappa shape index (κ2) is 12.8. The van der Waals surface area contributed by atoms with Crippen LogP contribution >= 0.6 is 24.0 Å². The quantitative estimate of drug-likeness (QED) is 0.202. The van der Waals surface area contributed by atoms with Gasteiger partial charge in [-0.3, -0.25) is 4.99 Å². The zero-order valence-electron chi connectivity index (χ0n) is 16.6. The average molecular weight is 505 g/mol. The van der Waals surface area contributed by atoms with Crippen LogP contribution in [0.1, 0.15) is 17.5 Å². The first kappa shape index (κ1) is 22.7. The summed E-state index contributed by atoms with van der Waals surface area (Å²) in [5.74, 6) is 1.70. The molecule has 0 atom stereocenters. The molecule has 0 spiro atoms. The van der Waals surface area contributed by atoms with E-state index in [1.165, 1.54) is 11.1 Å². The molecule has 0 bridgehead atoms. The number of nitrogens with one attached hydrogen (secondary N) is 2. The lowest BCUT2D eigenvalue weighted by atomic mass is 10.1. The number of aliphatic imine (C=N–C) groups is 1. The van der Waals surface area contributed by atoms with Crippen LogP contribution in [0, 0.1) is 0 Å². The van der Waals surface area contributed by atoms with Crippen molar-refractivity contribution in [1.29, 1.82) is 0 Å². The highest BCUT2D eigenvalue weighted by molar-refractivity contribution is 14.0. The number of para-hydroxylation sites is 1. The number of nitrogens with zero attached hydrogens (tertiary/aromatic N) is 3. The molecular weight excluding hydrogens is 477 g/mol. The van der Waals surface area contributed by atoms with E-state index >= 15 is 0 Å². The summed E-state index contributed by atoms with van der Waals surface area (Å²) in [5, 5.41) is 6.66. The van der Waals surface area contributed by atoms with Crippen LogP contribution in [-0.2, 0) is 13.1 Å². The van der Waals surface area contributed by atoms with Crippen molar-refractivity contribution in [2.24, 2.45) is 4.99 Å². The van der Waals surface area contributed by atoms with Gasteiger partial charge in [0, 0.05) is 39.1 Å². The molecular formula is C22H28IN5O. The Morgan fingerprint density at radius 1 is 1.03 bits per heavy atom. The van der Waals surface area contributed by atoms with Gasteiger partial charge in [0.25, 0.3) is 0 Å². The Hall–Kier alpha value is -2.55. The Morgan fingerprint density at radius 2 is 1.79 bits per heavy atom. The minimum absolute atomic E-state index is 0. The lowest BCUT2D eigenvalue weighted by Gasteiger charge is -2.12. The first-order valence-electron chi connectivity index (χ1n) is 9.49. The molecule has 0 fully saturated rings. The van der Waals surface area contributed by atoms with Gasteiger partial charge < -0.3 is 19.9 Å². The topological polar surface area (TPSA) is 63.5 Å². The van der Waals surface area contributed by atoms with Gasteiger partial charge in [0.2, 0.25) is 0 Å². The number of ether oxygens (including phenoxy) is 1. The summed E-state index contributed by atoms with van der Waals surface area (Å²) in [5.41, 5.74) is 2.47. The Bertz CT molecular complexity index is 835. The third-order valence-corrected chi connectivity index (χ3v) is 4.26. The molecule has 0 aliphatic carbocycles. The van der Waals surface area contributed by atoms with E-state index in [0.717, 1.165) is 37.8 Å². The van der Waals surface area contributed by atoms with Gasteiger partial charge in [-0.1, -0.05) is 42.5 Å². The van der Waals surface area contributed by atoms with Crippen LogP contribution in [0.15, 0.2) is 78.3 Å². The lowest BCUT2D eigenvalue weighted by molar-refractivity contribution is 0.311. The number of halogens is 1. The summed E-state index contributed by atoms with van der Waals surface area (Å²) in [6.07, 6.45) is 6.50. The van der Waals surface area contributed by atoms with Crippen molar-refractivity contribution >= 4 is 29.9 Å². The van der Waals surface area contributed by atoms with Crippen LogP contribution in [0.25, 0.3) is 0 Å². The maximum Gasteiger partial charge on any atom is 0.191 e. The van der Waals surface area contributed by atoms with Crippen molar-refractivity contribution in [2.75, 3.05) is 20.2 Å². The van der Waals surface area contributed by atoms with Crippen LogP contribution in [0.3, 0.4) is 0 Å². The molecule has 0 saturated heterocycles. The molecule has 0 radical (unpaired) electrons. The molecule has 154 valence electrons. The fourth-order valence-corrected chi connectivity index (χ4v) is 2.75. The van der Waals surface area contributed by atoms with Gasteiger partial charge in [0.05, 0.1) is 12.9 Å². The zero-order chi connectivity index (χ0) is 19.4. The number of rotatable bonds is 9. The molecule has 29 heavy (non-hydrogen) atoms. The number of guanidine groups is 1. The summed E-state index contributed by atoms with van der Waals surface area (Å²) < 4.78 is 7.75. The van der Waals surface area contributed by atoms with E-state index in [1.807, 2.05) is 42.9 Å². The number of aromatic nitrogens is 2. The van der Waals surface area contributed by atoms with Crippen molar-refractivity contribution in [3.8, 4) is 5.75 Å². The van der Waals surface area contributed by atoms with Crippen LogP contribution in [-0.4, -0.2) is 35.7 Å². The zero-order valence-corrected chi connectivity index (χ0v) is 19.0. The van der Waals surface area contributed by atoms with E-state index in [4.69, 9.17) is 4.74 Å². The SMILES string of the molecule is CN=C(NCCCOc1ccccc1)NCc1ccc(Cn2ccnc2)cc1.I. The first-order valence-corrected chi connectivity index (χ1v) is 9.49. The van der Waals surface area contributed by atoms with Gasteiger partial charge >= 0.3 is 0 Å². The highest BCUT2D eigenvalue weighted by Crippen LogP contribution is 2.08. The minimum Gasteiger partial charge on any atom is -0.494 e. The van der Waals surface area contributed by atoms with E-state index in [9.17, 15) is 0 Å². The maximum atomic E-state index is 5.69. The summed E-state index contributed by atoms with van der Waals surface area (Å²) in [4.78, 5) is 8.34. The molecule has 3 rings (SSSR count). The Morgan fingerprint density at radius 3 is 2.48 bits per heavy atom. The van der Waals surface area contributed by atoms with E-state index in [-0.39, 0.29) is 24.0 Å². The smallest absolute Gasteiger partial charge is 0.191 e. The second-order valence-corrected chi connectivity index (χ2v) is 6.42. The van der Waals surface area contributed by atoms with Gasteiger partial charge in [-0.05, 0) is 29.7 Å². The molecule has 2 aromatic carbocycles. The van der Waals surface area contributed by atoms with Gasteiger partial charge in [0.1, 0.15) is 5.75 Å². The molecule has 1 aromatic heterocycles. The van der Waals surface area contributed by atoms with Crippen LogP contribution in [0.5, 0.6) is 5.75 Å². The van der Waals surface area contributed by atoms with Gasteiger partial charge in [0.15, 0.2) is 5.96 Å². The summed E-state index contributed by atoms with van der Waals surface area (Å²) >= 11 is 0. The average Bonchev–Trinajstić information content (AvgIpc) is 3.25. The Kier molecular flexibility index (Phi) is 10.1. The van der Waals surface area contributed by atoms with Crippen molar-refractivity contribution in [2.45, 2.75) is 19.5 Å². The molecule has 0 aliphatic rings. The van der Waals surface area contributed by atoms with Crippen molar-refractivity contribution in [1.82, 2.24) is 20.2 Å². The largest absolute Gasteiger partial charge is 0.494 e. The molecule has 6 nitrogen and oxygen atoms in total. The predicted molar refractivity (Wildman–Crippen MR) is 128 cm³/mol. The van der Waals surface area contributed by atoms with E-state index in [0.29, 0.717) is 6.61 Å². The summed E-state index contributed by atoms with van der Waals surface area (Å²) in [7, 11) is 1.78. The molecule has 0 amide bonds. The van der Waals surface area contributed by atoms with Gasteiger partial charge in [-0.15, -0.1) is 24.0 Å². The van der Waals surface area contributed by atoms with Gasteiger partial charge in [-0.2, -0.15) is 0 Å². The first-order chi connectivity index (χ1) is 13.8. The standard InChI is InChI=1S/C22H27N5O.HI/c1-23-22(25-12-5-15-28-21-6-3-2-4-7-21)26-16-19-8-10-20(11-9-19)17-27-14-13-24-18-27;/h2-4,6-11,13-14,18H,5,12,15-17H2,1H3,(H2,23,25,26);1H. The number of hydrogen-bond donors (Lipinski definition) is 2. The molecule has 0 saturated carbocycles. The lowest BCUT2D eigenvalue weighted by Crippen LogP contribution is -2.37. The number of hydrogen-bond acceptors (Lipinski definition) is 3. The third kappa shape index (κ3) is 8.15. The van der Waals surface area contributed by atoms with Crippen LogP contribution in [0.2, 0.25) is 0 Å². The molecule has 2 N–H and O–H groups in total. The normalized spacial score (nSPS) is 10.9. The Labute approximate surface area is 189 Å². The highest BCUT2D eigenvalue weighted by atomic mass is 127. The van der Waals surface area contributed by atoms with E-state index in [2.05, 4.69) is 49.4 Å². The van der Waals surface area contributed by atoms with Gasteiger partial charge in [-0.25, -0.2) is 4.98 Å². The molecule has 0 unspecified atom stereocenters. The molecule has 0 aliphatic heterocycles. The molecule has 1 heterocycles. The Balaban J connectivity index is 0.00000300. The summed E-state index contributed by atoms with van der Waals surface area (Å²) in [6, 6.07) is 18.4. The monoisotopic (exact) mass is 505 g/mol. The maximum absolute atomic E-state index is 5.69. The van der Waals surface area contributed by atoms with Crippen molar-refractivity contribution in [3.63, 3.8) is 0 Å². The van der Waals surface area contributed by atoms with E-state index < -0.39 is 0 Å². The predicted octanol–water partition coefficient (Wildman–Crippen LogP) is 3.68. The minimum atomic E-state index is 0. The summed E-state index contributed by atoms with van der Waals surface area (Å²) in [6.45, 7) is 3.04. The molecule has 3 aromatic rings. The van der Waals surface area contributed by atoms with Crippen molar-refractivity contribution < 1.29 is 4.74 Å². The van der Waals surface area contributed by atoms with Crippen LogP contribution < -0.4 is 15.4 Å². The highest BCUT2D eigenvalue weighted by Gasteiger charge is 2.00. The number of benzene rings is 2. The second-order valence-electron chi connectivity index (χ2n) is 6.42. The van der Waals surface area contributed by atoms with Crippen molar-refractivity contribution in [3.05, 3.63) is 84.4 Å².